The van der Waals surface area contributed by atoms with Crippen LogP contribution in [0.25, 0.3) is 0 Å². The fourth-order valence-electron chi connectivity index (χ4n) is 2.26. The summed E-state index contributed by atoms with van der Waals surface area (Å²) in [4.78, 5) is 18.2. The van der Waals surface area contributed by atoms with E-state index in [-0.39, 0.29) is 11.6 Å². The van der Waals surface area contributed by atoms with Crippen LogP contribution in [-0.4, -0.2) is 37.6 Å². The van der Waals surface area contributed by atoms with Gasteiger partial charge in [0.1, 0.15) is 0 Å². The first-order valence-corrected chi connectivity index (χ1v) is 5.88. The number of aromatic nitrogens is 5. The van der Waals surface area contributed by atoms with Gasteiger partial charge >= 0.3 is 0 Å². The average Bonchev–Trinajstić information content (AvgIpc) is 3.01. The van der Waals surface area contributed by atoms with Crippen LogP contribution in [0.1, 0.15) is 12.5 Å². The molecule has 1 aliphatic heterocycles. The molecule has 0 saturated carbocycles. The number of aryl methyl sites for hydroxylation is 1. The molecule has 18 heavy (non-hydrogen) atoms. The molecule has 0 radical (unpaired) electrons. The maximum atomic E-state index is 12.0. The molecule has 0 spiro atoms. The Morgan fingerprint density at radius 3 is 3.00 bits per heavy atom. The van der Waals surface area contributed by atoms with Crippen molar-refractivity contribution in [2.45, 2.75) is 12.5 Å². The molecule has 0 bridgehead atoms. The van der Waals surface area contributed by atoms with Crippen LogP contribution in [0, 0.1) is 0 Å². The van der Waals surface area contributed by atoms with E-state index in [4.69, 9.17) is 0 Å². The minimum Gasteiger partial charge on any atom is -0.350 e. The van der Waals surface area contributed by atoms with Gasteiger partial charge in [0, 0.05) is 38.7 Å². The molecule has 3 heterocycles. The topological polar surface area (TPSA) is 68.8 Å². The lowest BCUT2D eigenvalue weighted by Crippen LogP contribution is -2.31. The van der Waals surface area contributed by atoms with Gasteiger partial charge in [0.15, 0.2) is 5.82 Å². The summed E-state index contributed by atoms with van der Waals surface area (Å²) in [7, 11) is 1.73. The van der Waals surface area contributed by atoms with Gasteiger partial charge < -0.3 is 9.47 Å². The Morgan fingerprint density at radius 2 is 2.22 bits per heavy atom. The number of anilines is 1. The first-order valence-electron chi connectivity index (χ1n) is 5.88. The van der Waals surface area contributed by atoms with Crippen LogP contribution in [0.4, 0.5) is 5.82 Å². The number of rotatable bonds is 2. The summed E-state index contributed by atoms with van der Waals surface area (Å²) in [5.74, 6) is 0.516. The highest BCUT2D eigenvalue weighted by molar-refractivity contribution is 5.37. The highest BCUT2D eigenvalue weighted by Crippen LogP contribution is 2.22. The van der Waals surface area contributed by atoms with Crippen LogP contribution in [0.5, 0.6) is 0 Å². The van der Waals surface area contributed by atoms with Crippen molar-refractivity contribution >= 4 is 5.82 Å². The summed E-state index contributed by atoms with van der Waals surface area (Å²) in [6.45, 7) is 1.56. The van der Waals surface area contributed by atoms with Crippen LogP contribution in [-0.2, 0) is 7.05 Å². The maximum absolute atomic E-state index is 12.0. The molecule has 0 aromatic carbocycles. The molecule has 1 atom stereocenters. The highest BCUT2D eigenvalue weighted by Gasteiger charge is 2.26. The summed E-state index contributed by atoms with van der Waals surface area (Å²) >= 11 is 0. The monoisotopic (exact) mass is 246 g/mol. The van der Waals surface area contributed by atoms with Gasteiger partial charge in [-0.1, -0.05) is 5.21 Å². The van der Waals surface area contributed by atoms with Crippen LogP contribution in [0.15, 0.2) is 29.6 Å². The zero-order valence-corrected chi connectivity index (χ0v) is 10.1. The summed E-state index contributed by atoms with van der Waals surface area (Å²) in [5, 5.41) is 7.81. The fraction of sp³-hybridized carbons (Fsp3) is 0.455. The second-order valence-electron chi connectivity index (χ2n) is 4.44. The fourth-order valence-corrected chi connectivity index (χ4v) is 2.26. The third-order valence-electron chi connectivity index (χ3n) is 3.28. The molecule has 0 amide bonds. The molecule has 1 fully saturated rings. The quantitative estimate of drug-likeness (QED) is 0.735. The Bertz CT molecular complexity index is 590. The minimum atomic E-state index is -0.0586. The first kappa shape index (κ1) is 10.9. The van der Waals surface area contributed by atoms with Gasteiger partial charge in [0.2, 0.25) is 0 Å². The van der Waals surface area contributed by atoms with E-state index >= 15 is 0 Å². The first-order chi connectivity index (χ1) is 8.75. The average molecular weight is 246 g/mol. The maximum Gasteiger partial charge on any atom is 0.293 e. The molecule has 0 aliphatic carbocycles. The van der Waals surface area contributed by atoms with E-state index in [1.807, 2.05) is 15.8 Å². The molecule has 2 aromatic heterocycles. The van der Waals surface area contributed by atoms with Gasteiger partial charge in [-0.25, -0.2) is 9.67 Å². The van der Waals surface area contributed by atoms with Crippen molar-refractivity contribution in [2.75, 3.05) is 18.0 Å². The van der Waals surface area contributed by atoms with E-state index in [1.165, 1.54) is 0 Å². The third-order valence-corrected chi connectivity index (χ3v) is 3.28. The second-order valence-corrected chi connectivity index (χ2v) is 4.44. The number of nitrogens with zero attached hydrogens (tertiary/aromatic N) is 6. The molecule has 2 aromatic rings. The van der Waals surface area contributed by atoms with Crippen molar-refractivity contribution in [1.29, 1.82) is 0 Å². The summed E-state index contributed by atoms with van der Waals surface area (Å²) < 4.78 is 3.39. The van der Waals surface area contributed by atoms with Crippen molar-refractivity contribution in [3.63, 3.8) is 0 Å². The standard InChI is InChI=1S/C11H14N6O/c1-15-6-3-12-10(11(15)18)16-5-2-9(8-16)17-7-4-13-14-17/h3-4,6-7,9H,2,5,8H2,1H3. The molecule has 1 unspecified atom stereocenters. The second kappa shape index (κ2) is 4.25. The Morgan fingerprint density at radius 1 is 1.33 bits per heavy atom. The molecule has 7 heteroatoms. The predicted molar refractivity (Wildman–Crippen MR) is 65.4 cm³/mol. The zero-order chi connectivity index (χ0) is 12.5. The van der Waals surface area contributed by atoms with Crippen molar-refractivity contribution in [1.82, 2.24) is 24.5 Å². The number of hydrogen-bond donors (Lipinski definition) is 0. The molecule has 1 aliphatic rings. The molecule has 3 rings (SSSR count). The van der Waals surface area contributed by atoms with Crippen LogP contribution < -0.4 is 10.5 Å². The van der Waals surface area contributed by atoms with Gasteiger partial charge in [-0.3, -0.25) is 4.79 Å². The summed E-state index contributed by atoms with van der Waals surface area (Å²) in [6, 6.07) is 0.263. The Labute approximate surface area is 104 Å². The smallest absolute Gasteiger partial charge is 0.293 e. The molecule has 1 saturated heterocycles. The van der Waals surface area contributed by atoms with E-state index in [1.54, 1.807) is 30.2 Å². The molecular formula is C11H14N6O. The number of hydrogen-bond acceptors (Lipinski definition) is 5. The van der Waals surface area contributed by atoms with E-state index in [2.05, 4.69) is 15.3 Å². The Hall–Kier alpha value is -2.18. The SMILES string of the molecule is Cn1ccnc(N2CCC(n3ccnn3)C2)c1=O. The van der Waals surface area contributed by atoms with Gasteiger partial charge in [0.05, 0.1) is 12.2 Å². The van der Waals surface area contributed by atoms with Gasteiger partial charge in [-0.15, -0.1) is 5.10 Å². The molecule has 94 valence electrons. The minimum absolute atomic E-state index is 0.0586. The van der Waals surface area contributed by atoms with Crippen molar-refractivity contribution in [2.24, 2.45) is 7.05 Å². The van der Waals surface area contributed by atoms with Gasteiger partial charge in [-0.2, -0.15) is 0 Å². The van der Waals surface area contributed by atoms with Crippen molar-refractivity contribution in [3.8, 4) is 0 Å². The molecular weight excluding hydrogens is 232 g/mol. The van der Waals surface area contributed by atoms with Crippen LogP contribution in [0.3, 0.4) is 0 Å². The highest BCUT2D eigenvalue weighted by atomic mass is 16.1. The van der Waals surface area contributed by atoms with Crippen LogP contribution >= 0.6 is 0 Å². The lowest BCUT2D eigenvalue weighted by atomic mass is 10.3. The van der Waals surface area contributed by atoms with E-state index in [9.17, 15) is 4.79 Å². The summed E-state index contributed by atoms with van der Waals surface area (Å²) in [5.41, 5.74) is -0.0586. The summed E-state index contributed by atoms with van der Waals surface area (Å²) in [6.07, 6.45) is 7.78. The Kier molecular flexibility index (Phi) is 2.58. The largest absolute Gasteiger partial charge is 0.350 e. The Balaban J connectivity index is 1.84. The van der Waals surface area contributed by atoms with Crippen molar-refractivity contribution in [3.05, 3.63) is 35.1 Å². The molecule has 7 nitrogen and oxygen atoms in total. The third kappa shape index (κ3) is 1.77. The van der Waals surface area contributed by atoms with Crippen molar-refractivity contribution < 1.29 is 0 Å². The van der Waals surface area contributed by atoms with Crippen LogP contribution in [0.2, 0.25) is 0 Å². The van der Waals surface area contributed by atoms with E-state index < -0.39 is 0 Å². The predicted octanol–water partition coefficient (Wildman–Crippen LogP) is -0.177. The lowest BCUT2D eigenvalue weighted by molar-refractivity contribution is 0.479. The van der Waals surface area contributed by atoms with E-state index in [0.717, 1.165) is 19.5 Å². The van der Waals surface area contributed by atoms with E-state index in [0.29, 0.717) is 5.82 Å². The van der Waals surface area contributed by atoms with Gasteiger partial charge in [-0.05, 0) is 6.42 Å². The molecule has 0 N–H and O–H groups in total. The zero-order valence-electron chi connectivity index (χ0n) is 10.1. The normalized spacial score (nSPS) is 19.4. The van der Waals surface area contributed by atoms with Gasteiger partial charge in [0.25, 0.3) is 5.56 Å². The lowest BCUT2D eigenvalue weighted by Gasteiger charge is -2.16.